The van der Waals surface area contributed by atoms with Gasteiger partial charge in [-0.05, 0) is 42.7 Å². The second kappa shape index (κ2) is 10.6. The molecule has 0 bridgehead atoms. The zero-order valence-corrected chi connectivity index (χ0v) is 11.6. The number of benzene rings is 1. The predicted octanol–water partition coefficient (Wildman–Crippen LogP) is 4.10. The van der Waals surface area contributed by atoms with Gasteiger partial charge in [0.25, 0.3) is 0 Å². The van der Waals surface area contributed by atoms with Crippen molar-refractivity contribution in [3.8, 4) is 0 Å². The van der Waals surface area contributed by atoms with Crippen molar-refractivity contribution < 1.29 is 8.94 Å². The van der Waals surface area contributed by atoms with Crippen molar-refractivity contribution in [1.29, 1.82) is 0 Å². The van der Waals surface area contributed by atoms with Gasteiger partial charge < -0.3 is 9.87 Å². The van der Waals surface area contributed by atoms with Crippen LogP contribution in [0.25, 0.3) is 0 Å². The molecule has 0 aliphatic heterocycles. The van der Waals surface area contributed by atoms with Gasteiger partial charge in [-0.1, -0.05) is 32.9 Å². The molecule has 1 rings (SSSR count). The Morgan fingerprint density at radius 3 is 2.41 bits per heavy atom. The molecule has 0 saturated heterocycles. The summed E-state index contributed by atoms with van der Waals surface area (Å²) in [5.41, 5.74) is 1.03. The lowest BCUT2D eigenvalue weighted by molar-refractivity contribution is 0.531. The first-order valence-corrected chi connectivity index (χ1v) is 6.88. The van der Waals surface area contributed by atoms with Crippen LogP contribution in [0.2, 0.25) is 0 Å². The molecule has 2 nitrogen and oxygen atoms in total. The molecule has 0 aromatic heterocycles. The minimum absolute atomic E-state index is 0.158. The zero-order chi connectivity index (χ0) is 13.1. The lowest BCUT2D eigenvalue weighted by Gasteiger charge is -2.15. The molecule has 98 valence electrons. The molecule has 1 aromatic carbocycles. The first-order chi connectivity index (χ1) is 8.19. The predicted molar refractivity (Wildman–Crippen MR) is 73.9 cm³/mol. The van der Waals surface area contributed by atoms with Crippen molar-refractivity contribution in [2.75, 3.05) is 12.3 Å². The third-order valence-electron chi connectivity index (χ3n) is 2.24. The standard InChI is InChI=1S/C11H16FN.C2H6OS/c1-3-11(13-4-2)9-6-5-7-10(12)8-9;1-2-4-3/h5-8,11,13H,3-4H2,1-2H3;3H,2H2,1H3. The van der Waals surface area contributed by atoms with E-state index in [1.54, 1.807) is 12.1 Å². The smallest absolute Gasteiger partial charge is 0.123 e. The van der Waals surface area contributed by atoms with E-state index in [1.807, 2.05) is 13.0 Å². The summed E-state index contributed by atoms with van der Waals surface area (Å²) in [7, 11) is 0. The maximum absolute atomic E-state index is 12.9. The number of hydrogen-bond donors (Lipinski definition) is 2. The van der Waals surface area contributed by atoms with E-state index in [-0.39, 0.29) is 11.9 Å². The molecule has 0 radical (unpaired) electrons. The molecule has 4 heteroatoms. The van der Waals surface area contributed by atoms with Crippen LogP contribution in [0.3, 0.4) is 0 Å². The average molecular weight is 259 g/mol. The van der Waals surface area contributed by atoms with Crippen LogP contribution in [0.1, 0.15) is 38.8 Å². The molecular weight excluding hydrogens is 237 g/mol. The summed E-state index contributed by atoms with van der Waals surface area (Å²) in [5, 5.41) is 3.31. The van der Waals surface area contributed by atoms with Crippen LogP contribution >= 0.6 is 12.0 Å². The summed E-state index contributed by atoms with van der Waals surface area (Å²) in [4.78, 5) is 0. The Labute approximate surface area is 108 Å². The van der Waals surface area contributed by atoms with Gasteiger partial charge >= 0.3 is 0 Å². The normalized spacial score (nSPS) is 11.6. The molecule has 0 spiro atoms. The van der Waals surface area contributed by atoms with Crippen LogP contribution in [0.15, 0.2) is 24.3 Å². The van der Waals surface area contributed by atoms with Crippen molar-refractivity contribution in [3.63, 3.8) is 0 Å². The summed E-state index contributed by atoms with van der Waals surface area (Å²) in [5.74, 6) is 0.633. The Morgan fingerprint density at radius 1 is 1.35 bits per heavy atom. The summed E-state index contributed by atoms with van der Waals surface area (Å²) in [6.07, 6.45) is 0.983. The first kappa shape index (κ1) is 16.4. The van der Waals surface area contributed by atoms with Gasteiger partial charge in [0, 0.05) is 11.8 Å². The zero-order valence-electron chi connectivity index (χ0n) is 10.7. The van der Waals surface area contributed by atoms with Gasteiger partial charge in [0.1, 0.15) is 5.82 Å². The maximum atomic E-state index is 12.9. The Morgan fingerprint density at radius 2 is 2.00 bits per heavy atom. The summed E-state index contributed by atoms with van der Waals surface area (Å²) >= 11 is 0.856. The Kier molecular flexibility index (Phi) is 10.2. The van der Waals surface area contributed by atoms with E-state index in [2.05, 4.69) is 19.2 Å². The lowest BCUT2D eigenvalue weighted by atomic mass is 10.0. The van der Waals surface area contributed by atoms with Gasteiger partial charge in [-0.15, -0.1) is 0 Å². The molecular formula is C13H22FNOS. The van der Waals surface area contributed by atoms with Gasteiger partial charge in [-0.25, -0.2) is 4.39 Å². The molecule has 17 heavy (non-hydrogen) atoms. The Bertz CT molecular complexity index is 295. The van der Waals surface area contributed by atoms with Crippen molar-refractivity contribution in [2.45, 2.75) is 33.2 Å². The SMILES string of the molecule is CCNC(CC)c1cccc(F)c1.CCSO. The Hall–Kier alpha value is -0.580. The van der Waals surface area contributed by atoms with E-state index in [0.717, 1.165) is 36.3 Å². The van der Waals surface area contributed by atoms with E-state index in [0.29, 0.717) is 0 Å². The van der Waals surface area contributed by atoms with Gasteiger partial charge in [0.2, 0.25) is 0 Å². The number of nitrogens with one attached hydrogen (secondary N) is 1. The van der Waals surface area contributed by atoms with E-state index in [4.69, 9.17) is 4.55 Å². The van der Waals surface area contributed by atoms with Crippen LogP contribution in [0.4, 0.5) is 4.39 Å². The van der Waals surface area contributed by atoms with E-state index in [9.17, 15) is 4.39 Å². The van der Waals surface area contributed by atoms with Crippen molar-refractivity contribution in [2.24, 2.45) is 0 Å². The van der Waals surface area contributed by atoms with Crippen molar-refractivity contribution in [3.05, 3.63) is 35.6 Å². The van der Waals surface area contributed by atoms with E-state index < -0.39 is 0 Å². The lowest BCUT2D eigenvalue weighted by Crippen LogP contribution is -2.20. The minimum atomic E-state index is -0.158. The van der Waals surface area contributed by atoms with E-state index >= 15 is 0 Å². The molecule has 1 atom stereocenters. The van der Waals surface area contributed by atoms with Crippen LogP contribution < -0.4 is 5.32 Å². The van der Waals surface area contributed by atoms with Crippen LogP contribution in [0, 0.1) is 5.82 Å². The van der Waals surface area contributed by atoms with Crippen molar-refractivity contribution in [1.82, 2.24) is 5.32 Å². The monoisotopic (exact) mass is 259 g/mol. The van der Waals surface area contributed by atoms with Crippen molar-refractivity contribution >= 4 is 12.0 Å². The highest BCUT2D eigenvalue weighted by atomic mass is 32.2. The number of hydrogen-bond acceptors (Lipinski definition) is 3. The highest BCUT2D eigenvalue weighted by Gasteiger charge is 2.07. The average Bonchev–Trinajstić information content (AvgIpc) is 2.36. The van der Waals surface area contributed by atoms with Crippen LogP contribution in [0.5, 0.6) is 0 Å². The molecule has 0 aliphatic carbocycles. The summed E-state index contributed by atoms with van der Waals surface area (Å²) in [6, 6.07) is 7.06. The van der Waals surface area contributed by atoms with Gasteiger partial charge in [0.05, 0.1) is 0 Å². The number of halogens is 1. The summed E-state index contributed by atoms with van der Waals surface area (Å²) < 4.78 is 20.7. The molecule has 0 fully saturated rings. The fraction of sp³-hybridized carbons (Fsp3) is 0.538. The highest BCUT2D eigenvalue weighted by Crippen LogP contribution is 2.16. The fourth-order valence-electron chi connectivity index (χ4n) is 1.47. The molecule has 1 unspecified atom stereocenters. The third-order valence-corrected chi connectivity index (χ3v) is 2.50. The maximum Gasteiger partial charge on any atom is 0.123 e. The number of rotatable bonds is 5. The fourth-order valence-corrected chi connectivity index (χ4v) is 1.47. The molecule has 2 N–H and O–H groups in total. The largest absolute Gasteiger partial charge is 0.330 e. The Balaban J connectivity index is 0.000000557. The van der Waals surface area contributed by atoms with Gasteiger partial charge in [-0.2, -0.15) is 0 Å². The molecule has 0 amide bonds. The summed E-state index contributed by atoms with van der Waals surface area (Å²) in [6.45, 7) is 6.96. The molecule has 0 aliphatic rings. The first-order valence-electron chi connectivity index (χ1n) is 5.94. The molecule has 1 aromatic rings. The minimum Gasteiger partial charge on any atom is -0.330 e. The van der Waals surface area contributed by atoms with Gasteiger partial charge in [0.15, 0.2) is 0 Å². The molecule has 0 heterocycles. The van der Waals surface area contributed by atoms with Gasteiger partial charge in [-0.3, -0.25) is 0 Å². The highest BCUT2D eigenvalue weighted by molar-refractivity contribution is 7.93. The van der Waals surface area contributed by atoms with Crippen LogP contribution in [-0.2, 0) is 0 Å². The second-order valence-corrected chi connectivity index (χ2v) is 4.33. The molecule has 0 saturated carbocycles. The topological polar surface area (TPSA) is 32.3 Å². The van der Waals surface area contributed by atoms with Crippen LogP contribution in [-0.4, -0.2) is 16.9 Å². The third kappa shape index (κ3) is 7.36. The second-order valence-electron chi connectivity index (χ2n) is 3.49. The van der Waals surface area contributed by atoms with E-state index in [1.165, 1.54) is 6.07 Å². The quantitative estimate of drug-likeness (QED) is 0.781.